The largest absolute Gasteiger partial charge is 0.280 e. The summed E-state index contributed by atoms with van der Waals surface area (Å²) in [5.74, 6) is 0.382. The van der Waals surface area contributed by atoms with Crippen molar-refractivity contribution in [3.63, 3.8) is 0 Å². The lowest BCUT2D eigenvalue weighted by molar-refractivity contribution is -0.709. The van der Waals surface area contributed by atoms with Gasteiger partial charge in [0.25, 0.3) is 0 Å². The number of aliphatic imine (C=N–C) groups is 1. The number of aryl methyl sites for hydroxylation is 1. The van der Waals surface area contributed by atoms with Gasteiger partial charge >= 0.3 is 0 Å². The molecule has 2 aliphatic rings. The molecule has 0 radical (unpaired) electrons. The molecule has 3 heterocycles. The smallest absolute Gasteiger partial charge is 0.213 e. The Labute approximate surface area is 172 Å². The second-order valence-corrected chi connectivity index (χ2v) is 7.89. The first-order chi connectivity index (χ1) is 14.3. The Morgan fingerprint density at radius 2 is 1.69 bits per heavy atom. The summed E-state index contributed by atoms with van der Waals surface area (Å²) in [6.45, 7) is 9.13. The molecule has 0 N–H and O–H groups in total. The molecular formula is C27H25N2+. The number of aromatic nitrogens is 1. The molecule has 29 heavy (non-hydrogen) atoms. The summed E-state index contributed by atoms with van der Waals surface area (Å²) < 4.78 is 2.41. The summed E-state index contributed by atoms with van der Waals surface area (Å²) in [6, 6.07) is 24.1. The van der Waals surface area contributed by atoms with Crippen molar-refractivity contribution >= 4 is 5.71 Å². The van der Waals surface area contributed by atoms with Crippen molar-refractivity contribution < 1.29 is 4.57 Å². The van der Waals surface area contributed by atoms with Gasteiger partial charge in [0.1, 0.15) is 0 Å². The number of fused-ring (bicyclic) bond motifs is 7. The third kappa shape index (κ3) is 2.96. The van der Waals surface area contributed by atoms with Gasteiger partial charge in [-0.3, -0.25) is 4.99 Å². The van der Waals surface area contributed by atoms with Crippen LogP contribution >= 0.6 is 0 Å². The van der Waals surface area contributed by atoms with E-state index in [0.717, 1.165) is 24.1 Å². The zero-order valence-electron chi connectivity index (χ0n) is 16.6. The van der Waals surface area contributed by atoms with Crippen LogP contribution in [0.4, 0.5) is 0 Å². The Bertz CT molecular complexity index is 1140. The van der Waals surface area contributed by atoms with Gasteiger partial charge in [0.15, 0.2) is 12.2 Å². The van der Waals surface area contributed by atoms with Gasteiger partial charge in [0, 0.05) is 28.8 Å². The molecule has 2 unspecified atom stereocenters. The van der Waals surface area contributed by atoms with Gasteiger partial charge < -0.3 is 0 Å². The van der Waals surface area contributed by atoms with Crippen molar-refractivity contribution in [3.05, 3.63) is 114 Å². The summed E-state index contributed by atoms with van der Waals surface area (Å²) in [7, 11) is 0. The van der Waals surface area contributed by atoms with Crippen LogP contribution in [0.5, 0.6) is 0 Å². The molecule has 2 heteroatoms. The van der Waals surface area contributed by atoms with Gasteiger partial charge in [-0.25, -0.2) is 0 Å². The predicted molar refractivity (Wildman–Crippen MR) is 119 cm³/mol. The molecule has 3 aromatic rings. The highest BCUT2D eigenvalue weighted by atomic mass is 15.0. The van der Waals surface area contributed by atoms with Crippen molar-refractivity contribution in [1.29, 1.82) is 0 Å². The molecule has 2 aromatic carbocycles. The van der Waals surface area contributed by atoms with Crippen LogP contribution in [-0.2, 0) is 6.42 Å². The van der Waals surface area contributed by atoms with Crippen LogP contribution in [0.2, 0.25) is 0 Å². The maximum atomic E-state index is 4.93. The Morgan fingerprint density at radius 1 is 0.931 bits per heavy atom. The van der Waals surface area contributed by atoms with Crippen LogP contribution in [-0.4, -0.2) is 12.3 Å². The molecule has 0 saturated heterocycles. The highest BCUT2D eigenvalue weighted by molar-refractivity contribution is 6.09. The van der Waals surface area contributed by atoms with Crippen LogP contribution in [0.25, 0.3) is 11.3 Å². The average molecular weight is 378 g/mol. The minimum Gasteiger partial charge on any atom is -0.280 e. The fraction of sp³-hybridized carbons (Fsp3) is 0.185. The molecule has 2 atom stereocenters. The van der Waals surface area contributed by atoms with E-state index in [9.17, 15) is 0 Å². The van der Waals surface area contributed by atoms with Gasteiger partial charge in [-0.05, 0) is 42.2 Å². The van der Waals surface area contributed by atoms with Gasteiger partial charge in [0.05, 0.1) is 18.2 Å². The number of allylic oxidation sites excluding steroid dienone is 1. The van der Waals surface area contributed by atoms with Gasteiger partial charge in [-0.2, -0.15) is 4.57 Å². The lowest BCUT2D eigenvalue weighted by Crippen LogP contribution is -2.48. The fourth-order valence-corrected chi connectivity index (χ4v) is 4.98. The van der Waals surface area contributed by atoms with Crippen molar-refractivity contribution in [2.45, 2.75) is 24.8 Å². The predicted octanol–water partition coefficient (Wildman–Crippen LogP) is 5.46. The van der Waals surface area contributed by atoms with E-state index in [0.29, 0.717) is 12.5 Å². The molecule has 0 aliphatic carbocycles. The summed E-state index contributed by atoms with van der Waals surface area (Å²) in [4.78, 5) is 4.93. The molecule has 142 valence electrons. The van der Waals surface area contributed by atoms with E-state index >= 15 is 0 Å². The fourth-order valence-electron chi connectivity index (χ4n) is 4.98. The van der Waals surface area contributed by atoms with Crippen LogP contribution in [0.1, 0.15) is 35.1 Å². The number of pyridine rings is 1. The van der Waals surface area contributed by atoms with Crippen molar-refractivity contribution in [3.8, 4) is 11.3 Å². The number of rotatable bonds is 1. The van der Waals surface area contributed by atoms with Gasteiger partial charge in [-0.1, -0.05) is 55.6 Å². The third-order valence-corrected chi connectivity index (χ3v) is 6.29. The molecule has 0 bridgehead atoms. The van der Waals surface area contributed by atoms with Crippen molar-refractivity contribution in [2.75, 3.05) is 6.54 Å². The summed E-state index contributed by atoms with van der Waals surface area (Å²) >= 11 is 0. The second-order valence-electron chi connectivity index (χ2n) is 7.89. The van der Waals surface area contributed by atoms with E-state index in [1.165, 1.54) is 27.9 Å². The molecule has 2 nitrogen and oxygen atoms in total. The van der Waals surface area contributed by atoms with Crippen LogP contribution in [0.3, 0.4) is 0 Å². The zero-order chi connectivity index (χ0) is 19.8. The quantitative estimate of drug-likeness (QED) is 0.396. The third-order valence-electron chi connectivity index (χ3n) is 6.29. The molecule has 0 amide bonds. The maximum Gasteiger partial charge on any atom is 0.213 e. The van der Waals surface area contributed by atoms with Gasteiger partial charge in [-0.15, -0.1) is 0 Å². The first-order valence-electron chi connectivity index (χ1n) is 10.3. The molecule has 0 saturated carbocycles. The number of hydrogen-bond acceptors (Lipinski definition) is 1. The highest BCUT2D eigenvalue weighted by Crippen LogP contribution is 2.43. The topological polar surface area (TPSA) is 16.2 Å². The molecule has 1 aromatic heterocycles. The zero-order valence-corrected chi connectivity index (χ0v) is 16.6. The maximum absolute atomic E-state index is 4.93. The van der Waals surface area contributed by atoms with Crippen LogP contribution < -0.4 is 4.57 Å². The first kappa shape index (κ1) is 17.8. The molecule has 0 fully saturated rings. The minimum atomic E-state index is 0.209. The Hall–Kier alpha value is -3.26. The van der Waals surface area contributed by atoms with E-state index in [4.69, 9.17) is 4.99 Å². The second kappa shape index (κ2) is 7.29. The van der Waals surface area contributed by atoms with E-state index in [1.807, 2.05) is 6.08 Å². The summed E-state index contributed by atoms with van der Waals surface area (Å²) in [6.07, 6.45) is 6.16. The van der Waals surface area contributed by atoms with Crippen LogP contribution in [0, 0.1) is 0 Å². The number of hydrogen-bond donors (Lipinski definition) is 0. The minimum absolute atomic E-state index is 0.209. The van der Waals surface area contributed by atoms with Crippen molar-refractivity contribution in [2.24, 2.45) is 4.99 Å². The van der Waals surface area contributed by atoms with Crippen LogP contribution in [0.15, 0.2) is 103 Å². The van der Waals surface area contributed by atoms with E-state index in [-0.39, 0.29) is 6.04 Å². The number of nitrogens with zero attached hydrogens (tertiary/aromatic N) is 2. The molecule has 5 rings (SSSR count). The van der Waals surface area contributed by atoms with E-state index in [2.05, 4.69) is 90.7 Å². The summed E-state index contributed by atoms with van der Waals surface area (Å²) in [5.41, 5.74) is 8.69. The summed E-state index contributed by atoms with van der Waals surface area (Å²) in [5, 5.41) is 0. The normalized spacial score (nSPS) is 22.2. The standard InChI is InChI=1S/C27H25N2/c1-3-25-21-11-5-4-10-20(21)15-16-24-22-12-6-7-13-23(22)26-14-8-9-17-29(26)27(24)19(2)18-28-25/h3-14,17,24,27H,1-2,15-16,18H2/q+1/b28-25-. The number of benzene rings is 2. The van der Waals surface area contributed by atoms with Crippen molar-refractivity contribution in [1.82, 2.24) is 0 Å². The Balaban J connectivity index is 1.69. The molecular weight excluding hydrogens is 352 g/mol. The lowest BCUT2D eigenvalue weighted by atomic mass is 9.76. The monoisotopic (exact) mass is 377 g/mol. The average Bonchev–Trinajstić information content (AvgIpc) is 2.78. The highest BCUT2D eigenvalue weighted by Gasteiger charge is 2.41. The van der Waals surface area contributed by atoms with E-state index < -0.39 is 0 Å². The lowest BCUT2D eigenvalue weighted by Gasteiger charge is -2.32. The molecule has 2 aliphatic heterocycles. The Morgan fingerprint density at radius 3 is 2.55 bits per heavy atom. The SMILES string of the molecule is C=C/C1=N/CC(=C)C2C(CCc3ccccc31)c1ccccc1-c1cccc[n+]12. The first-order valence-corrected chi connectivity index (χ1v) is 10.3. The van der Waals surface area contributed by atoms with Gasteiger partial charge in [0.2, 0.25) is 5.69 Å². The molecule has 0 spiro atoms. The Kier molecular flexibility index (Phi) is 4.48. The van der Waals surface area contributed by atoms with E-state index in [1.54, 1.807) is 0 Å².